The molecule has 0 bridgehead atoms. The monoisotopic (exact) mass is 281 g/mol. The Bertz CT molecular complexity index is 444. The average molecular weight is 282 g/mol. The van der Waals surface area contributed by atoms with Gasteiger partial charge in [0.05, 0.1) is 6.54 Å². The van der Waals surface area contributed by atoms with Crippen molar-refractivity contribution < 1.29 is 4.79 Å². The standard InChI is InChI=1S/C14H20ClN3O/c1-11(12-3-2-4-13(15)9-12)18-7-5-17(6-8-18)10-14(16)19/h2-4,9,11H,5-8,10H2,1H3,(H2,16,19). The van der Waals surface area contributed by atoms with Crippen molar-refractivity contribution in [1.82, 2.24) is 9.80 Å². The topological polar surface area (TPSA) is 49.6 Å². The SMILES string of the molecule is CC(c1cccc(Cl)c1)N1CCN(CC(N)=O)CC1. The molecule has 1 aromatic rings. The number of hydrogen-bond donors (Lipinski definition) is 1. The molecule has 1 aliphatic rings. The fourth-order valence-corrected chi connectivity index (χ4v) is 2.71. The van der Waals surface area contributed by atoms with Crippen LogP contribution in [0, 0.1) is 0 Å². The summed E-state index contributed by atoms with van der Waals surface area (Å²) in [6.07, 6.45) is 0. The maximum absolute atomic E-state index is 10.9. The Morgan fingerprint density at radius 2 is 2.05 bits per heavy atom. The van der Waals surface area contributed by atoms with Crippen LogP contribution in [0.2, 0.25) is 5.02 Å². The molecule has 1 aromatic carbocycles. The van der Waals surface area contributed by atoms with Gasteiger partial charge in [0.1, 0.15) is 0 Å². The number of hydrogen-bond acceptors (Lipinski definition) is 3. The van der Waals surface area contributed by atoms with Crippen LogP contribution >= 0.6 is 11.6 Å². The van der Waals surface area contributed by atoms with Crippen LogP contribution in [0.1, 0.15) is 18.5 Å². The van der Waals surface area contributed by atoms with Crippen LogP contribution in [-0.4, -0.2) is 48.4 Å². The summed E-state index contributed by atoms with van der Waals surface area (Å²) in [4.78, 5) is 15.4. The summed E-state index contributed by atoms with van der Waals surface area (Å²) in [5.41, 5.74) is 6.45. The van der Waals surface area contributed by atoms with Gasteiger partial charge in [-0.2, -0.15) is 0 Å². The van der Waals surface area contributed by atoms with Gasteiger partial charge in [0, 0.05) is 37.2 Å². The van der Waals surface area contributed by atoms with E-state index in [1.807, 2.05) is 18.2 Å². The highest BCUT2D eigenvalue weighted by Gasteiger charge is 2.22. The first-order chi connectivity index (χ1) is 9.06. The average Bonchev–Trinajstić information content (AvgIpc) is 2.38. The number of carbonyl (C=O) groups is 1. The van der Waals surface area contributed by atoms with Gasteiger partial charge in [0.15, 0.2) is 0 Å². The van der Waals surface area contributed by atoms with Gasteiger partial charge >= 0.3 is 0 Å². The molecule has 0 aromatic heterocycles. The first-order valence-electron chi connectivity index (χ1n) is 6.56. The summed E-state index contributed by atoms with van der Waals surface area (Å²) in [5, 5.41) is 0.775. The predicted octanol–water partition coefficient (Wildman–Crippen LogP) is 1.50. The molecule has 0 aliphatic carbocycles. The number of benzene rings is 1. The Labute approximate surface area is 119 Å². The van der Waals surface area contributed by atoms with Crippen molar-refractivity contribution in [3.8, 4) is 0 Å². The number of halogens is 1. The zero-order valence-electron chi connectivity index (χ0n) is 11.2. The van der Waals surface area contributed by atoms with Crippen molar-refractivity contribution in [3.05, 3.63) is 34.9 Å². The van der Waals surface area contributed by atoms with Crippen LogP contribution in [0.5, 0.6) is 0 Å². The molecule has 2 N–H and O–H groups in total. The number of primary amides is 1. The maximum atomic E-state index is 10.9. The van der Waals surface area contributed by atoms with E-state index >= 15 is 0 Å². The van der Waals surface area contributed by atoms with Crippen molar-refractivity contribution in [2.24, 2.45) is 5.73 Å². The van der Waals surface area contributed by atoms with E-state index in [1.54, 1.807) is 0 Å². The van der Waals surface area contributed by atoms with E-state index in [1.165, 1.54) is 5.56 Å². The van der Waals surface area contributed by atoms with E-state index in [2.05, 4.69) is 22.8 Å². The van der Waals surface area contributed by atoms with Gasteiger partial charge in [0.25, 0.3) is 0 Å². The van der Waals surface area contributed by atoms with Crippen LogP contribution in [0.4, 0.5) is 0 Å². The summed E-state index contributed by atoms with van der Waals surface area (Å²) in [5.74, 6) is -0.253. The van der Waals surface area contributed by atoms with Crippen LogP contribution in [0.15, 0.2) is 24.3 Å². The molecule has 0 radical (unpaired) electrons. The lowest BCUT2D eigenvalue weighted by atomic mass is 10.1. The highest BCUT2D eigenvalue weighted by molar-refractivity contribution is 6.30. The van der Waals surface area contributed by atoms with Crippen LogP contribution in [-0.2, 0) is 4.79 Å². The number of carbonyl (C=O) groups excluding carboxylic acids is 1. The highest BCUT2D eigenvalue weighted by Crippen LogP contribution is 2.23. The second kappa shape index (κ2) is 6.37. The van der Waals surface area contributed by atoms with Gasteiger partial charge < -0.3 is 5.73 Å². The van der Waals surface area contributed by atoms with E-state index in [0.717, 1.165) is 31.2 Å². The van der Waals surface area contributed by atoms with Crippen LogP contribution in [0.25, 0.3) is 0 Å². The Morgan fingerprint density at radius 1 is 1.37 bits per heavy atom. The normalized spacial score (nSPS) is 19.3. The summed E-state index contributed by atoms with van der Waals surface area (Å²) >= 11 is 6.03. The largest absolute Gasteiger partial charge is 0.369 e. The third kappa shape index (κ3) is 3.93. The van der Waals surface area contributed by atoms with Crippen molar-refractivity contribution in [1.29, 1.82) is 0 Å². The summed E-state index contributed by atoms with van der Waals surface area (Å²) < 4.78 is 0. The Morgan fingerprint density at radius 3 is 2.63 bits per heavy atom. The first-order valence-corrected chi connectivity index (χ1v) is 6.94. The first kappa shape index (κ1) is 14.3. The van der Waals surface area contributed by atoms with E-state index in [-0.39, 0.29) is 5.91 Å². The molecule has 0 spiro atoms. The van der Waals surface area contributed by atoms with Gasteiger partial charge in [-0.15, -0.1) is 0 Å². The van der Waals surface area contributed by atoms with Crippen molar-refractivity contribution in [2.45, 2.75) is 13.0 Å². The molecule has 4 nitrogen and oxygen atoms in total. The van der Waals surface area contributed by atoms with Gasteiger partial charge in [-0.25, -0.2) is 0 Å². The third-order valence-corrected chi connectivity index (χ3v) is 3.90. The highest BCUT2D eigenvalue weighted by atomic mass is 35.5. The van der Waals surface area contributed by atoms with Crippen LogP contribution < -0.4 is 5.73 Å². The van der Waals surface area contributed by atoms with Crippen molar-refractivity contribution in [3.63, 3.8) is 0 Å². The summed E-state index contributed by atoms with van der Waals surface area (Å²) in [6, 6.07) is 8.34. The maximum Gasteiger partial charge on any atom is 0.231 e. The molecule has 1 amide bonds. The molecule has 1 unspecified atom stereocenters. The number of nitrogens with two attached hydrogens (primary N) is 1. The van der Waals surface area contributed by atoms with E-state index in [4.69, 9.17) is 17.3 Å². The van der Waals surface area contributed by atoms with Gasteiger partial charge in [-0.05, 0) is 24.6 Å². The molecular formula is C14H20ClN3O. The Balaban J connectivity index is 1.92. The second-order valence-electron chi connectivity index (χ2n) is 5.01. The van der Waals surface area contributed by atoms with Gasteiger partial charge in [-0.1, -0.05) is 23.7 Å². The lowest BCUT2D eigenvalue weighted by Gasteiger charge is -2.37. The molecule has 19 heavy (non-hydrogen) atoms. The Hall–Kier alpha value is -1.10. The van der Waals surface area contributed by atoms with E-state index in [0.29, 0.717) is 12.6 Å². The Kier molecular flexibility index (Phi) is 4.80. The summed E-state index contributed by atoms with van der Waals surface area (Å²) in [6.45, 7) is 6.21. The molecule has 1 aliphatic heterocycles. The molecule has 1 atom stereocenters. The lowest BCUT2D eigenvalue weighted by Crippen LogP contribution is -2.49. The van der Waals surface area contributed by atoms with Crippen molar-refractivity contribution >= 4 is 17.5 Å². The van der Waals surface area contributed by atoms with Crippen molar-refractivity contribution in [2.75, 3.05) is 32.7 Å². The minimum absolute atomic E-state index is 0.253. The molecule has 5 heteroatoms. The van der Waals surface area contributed by atoms with Crippen LogP contribution in [0.3, 0.4) is 0 Å². The molecule has 1 fully saturated rings. The van der Waals surface area contributed by atoms with E-state index < -0.39 is 0 Å². The quantitative estimate of drug-likeness (QED) is 0.910. The molecule has 2 rings (SSSR count). The lowest BCUT2D eigenvalue weighted by molar-refractivity contribution is -0.119. The number of piperazine rings is 1. The second-order valence-corrected chi connectivity index (χ2v) is 5.45. The molecule has 104 valence electrons. The molecule has 1 heterocycles. The minimum Gasteiger partial charge on any atom is -0.369 e. The molecule has 0 saturated carbocycles. The van der Waals surface area contributed by atoms with Gasteiger partial charge in [0.2, 0.25) is 5.91 Å². The zero-order chi connectivity index (χ0) is 13.8. The minimum atomic E-state index is -0.253. The molecule has 1 saturated heterocycles. The fraction of sp³-hybridized carbons (Fsp3) is 0.500. The zero-order valence-corrected chi connectivity index (χ0v) is 11.9. The smallest absolute Gasteiger partial charge is 0.231 e. The van der Waals surface area contributed by atoms with Gasteiger partial charge in [-0.3, -0.25) is 14.6 Å². The number of amides is 1. The van der Waals surface area contributed by atoms with E-state index in [9.17, 15) is 4.79 Å². The predicted molar refractivity (Wildman–Crippen MR) is 77.1 cm³/mol. The molecular weight excluding hydrogens is 262 g/mol. The fourth-order valence-electron chi connectivity index (χ4n) is 2.51. The third-order valence-electron chi connectivity index (χ3n) is 3.67. The number of nitrogens with zero attached hydrogens (tertiary/aromatic N) is 2. The summed E-state index contributed by atoms with van der Waals surface area (Å²) in [7, 11) is 0. The number of rotatable bonds is 4.